The van der Waals surface area contributed by atoms with Gasteiger partial charge in [0.15, 0.2) is 0 Å². The third-order valence-electron chi connectivity index (χ3n) is 8.48. The fourth-order valence-electron chi connectivity index (χ4n) is 6.25. The van der Waals surface area contributed by atoms with E-state index in [1.165, 1.54) is 65.0 Å². The molecule has 0 N–H and O–H groups in total. The van der Waals surface area contributed by atoms with Gasteiger partial charge >= 0.3 is 0 Å². The smallest absolute Gasteiger partial charge is 0.140 e. The number of hydrogen-bond acceptors (Lipinski definition) is 4. The van der Waals surface area contributed by atoms with Crippen LogP contribution >= 0.6 is 0 Å². The highest BCUT2D eigenvalue weighted by Gasteiger charge is 2.26. The molecule has 3 aliphatic rings. The van der Waals surface area contributed by atoms with E-state index >= 15 is 0 Å². The van der Waals surface area contributed by atoms with Gasteiger partial charge < -0.3 is 14.7 Å². The molecule has 0 bridgehead atoms. The molecule has 0 unspecified atom stereocenters. The van der Waals surface area contributed by atoms with Crippen LogP contribution in [0.2, 0.25) is 0 Å². The summed E-state index contributed by atoms with van der Waals surface area (Å²) in [5, 5.41) is 0. The fourth-order valence-corrected chi connectivity index (χ4v) is 6.25. The molecule has 1 fully saturated rings. The Bertz CT molecular complexity index is 1330. The van der Waals surface area contributed by atoms with Gasteiger partial charge in [-0.2, -0.15) is 0 Å². The van der Waals surface area contributed by atoms with Crippen LogP contribution in [-0.2, 0) is 6.42 Å². The Morgan fingerprint density at radius 1 is 1.02 bits per heavy atom. The molecule has 0 spiro atoms. The van der Waals surface area contributed by atoms with Crippen LogP contribution in [0.4, 0.5) is 5.69 Å². The Hall–Kier alpha value is -3.53. The molecule has 1 saturated heterocycles. The first kappa shape index (κ1) is 29.5. The molecular weight excluding hydrogens is 488 g/mol. The van der Waals surface area contributed by atoms with Gasteiger partial charge in [0.2, 0.25) is 0 Å². The minimum Gasteiger partial charge on any atom is -0.374 e. The van der Waals surface area contributed by atoms with Crippen molar-refractivity contribution in [1.82, 2.24) is 9.80 Å². The average Bonchev–Trinajstić information content (AvgIpc) is 3.52. The minimum absolute atomic E-state index is 0.677. The number of piperidine rings is 1. The number of benzene rings is 2. The highest BCUT2D eigenvalue weighted by molar-refractivity contribution is 6.24. The summed E-state index contributed by atoms with van der Waals surface area (Å²) in [7, 11) is 2.13. The Morgan fingerprint density at radius 3 is 2.40 bits per heavy atom. The molecule has 0 amide bonds. The molecule has 0 radical (unpaired) electrons. The van der Waals surface area contributed by atoms with E-state index in [9.17, 15) is 0 Å². The van der Waals surface area contributed by atoms with E-state index in [2.05, 4.69) is 111 Å². The summed E-state index contributed by atoms with van der Waals surface area (Å²) in [6.45, 7) is 20.3. The van der Waals surface area contributed by atoms with Crippen molar-refractivity contribution < 1.29 is 0 Å². The molecule has 0 aliphatic carbocycles. The lowest BCUT2D eigenvalue weighted by Crippen LogP contribution is -2.42. The molecule has 3 heterocycles. The van der Waals surface area contributed by atoms with Crippen LogP contribution in [0.5, 0.6) is 0 Å². The zero-order valence-electron chi connectivity index (χ0n) is 25.8. The lowest BCUT2D eigenvalue weighted by atomic mass is 9.93. The van der Waals surface area contributed by atoms with Gasteiger partial charge in [-0.25, -0.2) is 4.99 Å². The molecule has 0 saturated carbocycles. The maximum absolute atomic E-state index is 5.19. The SMILES string of the molecule is C=C/C(=C1/N=C(C)C(c2cccc(C)c2)=C(C)N1C)c1cc(N2CCC(N3C=CCC3)CC2)ccc1CC.CC. The lowest BCUT2D eigenvalue weighted by Gasteiger charge is -2.38. The van der Waals surface area contributed by atoms with E-state index in [0.29, 0.717) is 6.04 Å². The molecule has 4 nitrogen and oxygen atoms in total. The molecule has 4 heteroatoms. The second-order valence-corrected chi connectivity index (χ2v) is 10.9. The van der Waals surface area contributed by atoms with Gasteiger partial charge in [0, 0.05) is 61.0 Å². The van der Waals surface area contributed by atoms with E-state index in [0.717, 1.165) is 36.6 Å². The van der Waals surface area contributed by atoms with Gasteiger partial charge in [0.05, 0.1) is 0 Å². The predicted molar refractivity (Wildman–Crippen MR) is 175 cm³/mol. The molecule has 40 heavy (non-hydrogen) atoms. The van der Waals surface area contributed by atoms with Crippen LogP contribution in [0.25, 0.3) is 11.1 Å². The normalized spacial score (nSPS) is 19.0. The van der Waals surface area contributed by atoms with Gasteiger partial charge in [0.1, 0.15) is 5.82 Å². The summed E-state index contributed by atoms with van der Waals surface area (Å²) in [6.07, 6.45) is 11.2. The number of nitrogens with zero attached hydrogens (tertiary/aromatic N) is 4. The molecule has 3 aliphatic heterocycles. The third kappa shape index (κ3) is 5.96. The van der Waals surface area contributed by atoms with Crippen molar-refractivity contribution >= 4 is 22.5 Å². The zero-order valence-corrected chi connectivity index (χ0v) is 25.8. The van der Waals surface area contributed by atoms with Crippen molar-refractivity contribution in [3.05, 3.63) is 101 Å². The van der Waals surface area contributed by atoms with Crippen molar-refractivity contribution in [2.24, 2.45) is 4.99 Å². The summed E-state index contributed by atoms with van der Waals surface area (Å²) in [4.78, 5) is 12.5. The molecule has 212 valence electrons. The van der Waals surface area contributed by atoms with Gasteiger partial charge in [-0.3, -0.25) is 0 Å². The third-order valence-corrected chi connectivity index (χ3v) is 8.48. The van der Waals surface area contributed by atoms with Crippen LogP contribution in [0.15, 0.2) is 83.9 Å². The molecule has 0 atom stereocenters. The summed E-state index contributed by atoms with van der Waals surface area (Å²) in [5.41, 5.74) is 10.9. The van der Waals surface area contributed by atoms with Crippen molar-refractivity contribution in [2.45, 2.75) is 73.3 Å². The maximum atomic E-state index is 5.19. The molecule has 0 aromatic heterocycles. The Morgan fingerprint density at radius 2 is 1.77 bits per heavy atom. The van der Waals surface area contributed by atoms with Crippen molar-refractivity contribution in [1.29, 1.82) is 0 Å². The first-order valence-electron chi connectivity index (χ1n) is 15.2. The van der Waals surface area contributed by atoms with Crippen molar-refractivity contribution in [2.75, 3.05) is 31.6 Å². The van der Waals surface area contributed by atoms with Gasteiger partial charge in [-0.15, -0.1) is 0 Å². The minimum atomic E-state index is 0.677. The number of aliphatic imine (C=N–C) groups is 1. The van der Waals surface area contributed by atoms with E-state index in [4.69, 9.17) is 4.99 Å². The quantitative estimate of drug-likeness (QED) is 0.370. The molecule has 5 rings (SSSR count). The maximum Gasteiger partial charge on any atom is 0.140 e. The lowest BCUT2D eigenvalue weighted by molar-refractivity contribution is 0.252. The monoisotopic (exact) mass is 536 g/mol. The van der Waals surface area contributed by atoms with E-state index in [1.807, 2.05) is 19.9 Å². The number of hydrogen-bond donors (Lipinski definition) is 0. The summed E-state index contributed by atoms with van der Waals surface area (Å²) >= 11 is 0. The van der Waals surface area contributed by atoms with Gasteiger partial charge in [-0.05, 0) is 81.5 Å². The second kappa shape index (κ2) is 13.2. The highest BCUT2D eigenvalue weighted by atomic mass is 15.2. The van der Waals surface area contributed by atoms with Crippen LogP contribution in [-0.4, -0.2) is 48.2 Å². The van der Waals surface area contributed by atoms with Crippen LogP contribution in [0, 0.1) is 6.92 Å². The number of aryl methyl sites for hydroxylation is 2. The largest absolute Gasteiger partial charge is 0.374 e. The number of rotatable bonds is 6. The van der Waals surface area contributed by atoms with Crippen molar-refractivity contribution in [3.8, 4) is 0 Å². The van der Waals surface area contributed by atoms with Crippen molar-refractivity contribution in [3.63, 3.8) is 0 Å². The first-order chi connectivity index (χ1) is 19.4. The number of anilines is 1. The predicted octanol–water partition coefficient (Wildman–Crippen LogP) is 8.46. The van der Waals surface area contributed by atoms with Crippen LogP contribution in [0.1, 0.15) is 76.1 Å². The second-order valence-electron chi connectivity index (χ2n) is 10.9. The van der Waals surface area contributed by atoms with E-state index in [1.54, 1.807) is 0 Å². The van der Waals surface area contributed by atoms with Crippen LogP contribution in [0.3, 0.4) is 0 Å². The fraction of sp³-hybridized carbons (Fsp3) is 0.417. The van der Waals surface area contributed by atoms with Gasteiger partial charge in [0.25, 0.3) is 0 Å². The topological polar surface area (TPSA) is 22.1 Å². The zero-order chi connectivity index (χ0) is 28.8. The van der Waals surface area contributed by atoms with Gasteiger partial charge in [-0.1, -0.05) is 75.4 Å². The van der Waals surface area contributed by atoms with Crippen LogP contribution < -0.4 is 4.90 Å². The Labute approximate surface area is 243 Å². The highest BCUT2D eigenvalue weighted by Crippen LogP contribution is 2.37. The van der Waals surface area contributed by atoms with E-state index in [-0.39, 0.29) is 0 Å². The summed E-state index contributed by atoms with van der Waals surface area (Å²) < 4.78 is 0. The Kier molecular flexibility index (Phi) is 9.73. The molecular formula is C36H48N4. The van der Waals surface area contributed by atoms with E-state index < -0.39 is 0 Å². The molecule has 2 aromatic carbocycles. The number of allylic oxidation sites excluding steroid dienone is 4. The average molecular weight is 537 g/mol. The summed E-state index contributed by atoms with van der Waals surface area (Å²) in [5.74, 6) is 0.970. The molecule has 2 aromatic rings. The summed E-state index contributed by atoms with van der Waals surface area (Å²) in [6, 6.07) is 16.4. The Balaban J connectivity index is 0.00000181. The standard InChI is InChI=1S/C34H42N4.C2H6/c1-7-27-14-15-30(38-20-16-29(17-21-38)37-18-9-10-19-37)23-32(27)31(8-2)34-35-25(4)33(26(5)36(34)6)28-13-11-12-24(3)22-28;1-2/h8-9,11-15,18,22-23,29H,2,7,10,16-17,19-21H2,1,3-6H3;1-2H3/b34-31+;. The first-order valence-corrected chi connectivity index (χ1v) is 15.2.